The van der Waals surface area contributed by atoms with Gasteiger partial charge in [-0.1, -0.05) is 32.0 Å². The average Bonchev–Trinajstić information content (AvgIpc) is 2.63. The SMILES string of the molecule is CCc1cccc(CC)c1NC(=O)CN(C)CC(=O)Nc1ccc(Br)cn1. The Bertz CT molecular complexity index is 771. The lowest BCUT2D eigenvalue weighted by Gasteiger charge is -2.18. The molecule has 2 aromatic rings. The van der Waals surface area contributed by atoms with Crippen LogP contribution >= 0.6 is 15.9 Å². The first kappa shape index (κ1) is 21.1. The molecular weight excluding hydrogens is 408 g/mol. The van der Waals surface area contributed by atoms with E-state index in [0.29, 0.717) is 5.82 Å². The first-order valence-electron chi connectivity index (χ1n) is 8.93. The Morgan fingerprint density at radius 2 is 1.59 bits per heavy atom. The quantitative estimate of drug-likeness (QED) is 0.669. The van der Waals surface area contributed by atoms with Gasteiger partial charge in [0.1, 0.15) is 5.82 Å². The Labute approximate surface area is 168 Å². The third-order valence-electron chi connectivity index (χ3n) is 4.09. The number of halogens is 1. The van der Waals surface area contributed by atoms with Crippen molar-refractivity contribution in [3.05, 3.63) is 52.1 Å². The Kier molecular flexibility index (Phi) is 7.94. The topological polar surface area (TPSA) is 74.3 Å². The molecule has 2 rings (SSSR count). The normalized spacial score (nSPS) is 10.7. The van der Waals surface area contributed by atoms with Gasteiger partial charge >= 0.3 is 0 Å². The van der Waals surface area contributed by atoms with Crippen LogP contribution in [0.2, 0.25) is 0 Å². The van der Waals surface area contributed by atoms with Crippen LogP contribution < -0.4 is 10.6 Å². The molecule has 0 unspecified atom stereocenters. The van der Waals surface area contributed by atoms with E-state index in [0.717, 1.165) is 34.1 Å². The van der Waals surface area contributed by atoms with Gasteiger partial charge in [-0.05, 0) is 59.1 Å². The number of aryl methyl sites for hydroxylation is 2. The van der Waals surface area contributed by atoms with Gasteiger partial charge < -0.3 is 10.6 Å². The van der Waals surface area contributed by atoms with Gasteiger partial charge in [0.2, 0.25) is 11.8 Å². The standard InChI is InChI=1S/C20H25BrN4O2/c1-4-14-7-6-8-15(5-2)20(14)24-19(27)13-25(3)12-18(26)23-17-10-9-16(21)11-22-17/h6-11H,4-5,12-13H2,1-3H3,(H,24,27)(H,22,23,26). The van der Waals surface area contributed by atoms with Crippen LogP contribution in [-0.2, 0) is 22.4 Å². The zero-order valence-corrected chi connectivity index (χ0v) is 17.5. The highest BCUT2D eigenvalue weighted by Gasteiger charge is 2.14. The summed E-state index contributed by atoms with van der Waals surface area (Å²) in [4.78, 5) is 30.3. The van der Waals surface area contributed by atoms with E-state index in [2.05, 4.69) is 45.4 Å². The Morgan fingerprint density at radius 1 is 1.00 bits per heavy atom. The minimum absolute atomic E-state index is 0.0984. The summed E-state index contributed by atoms with van der Waals surface area (Å²) in [6.07, 6.45) is 3.31. The van der Waals surface area contributed by atoms with Crippen LogP contribution in [-0.4, -0.2) is 41.8 Å². The number of nitrogens with one attached hydrogen (secondary N) is 2. The van der Waals surface area contributed by atoms with Crippen LogP contribution in [0.15, 0.2) is 41.0 Å². The monoisotopic (exact) mass is 432 g/mol. The number of anilines is 2. The fraction of sp³-hybridized carbons (Fsp3) is 0.350. The van der Waals surface area contributed by atoms with Gasteiger partial charge in [-0.2, -0.15) is 0 Å². The summed E-state index contributed by atoms with van der Waals surface area (Å²) < 4.78 is 0.841. The Balaban J connectivity index is 1.90. The number of rotatable bonds is 8. The van der Waals surface area contributed by atoms with Crippen molar-refractivity contribution >= 4 is 39.2 Å². The summed E-state index contributed by atoms with van der Waals surface area (Å²) in [6.45, 7) is 4.36. The lowest BCUT2D eigenvalue weighted by molar-refractivity contribution is -0.119. The number of likely N-dealkylation sites (N-methyl/N-ethyl adjacent to an activating group) is 1. The van der Waals surface area contributed by atoms with E-state index in [9.17, 15) is 9.59 Å². The molecule has 2 N–H and O–H groups in total. The van der Waals surface area contributed by atoms with Gasteiger partial charge in [0.15, 0.2) is 0 Å². The maximum absolute atomic E-state index is 12.4. The van der Waals surface area contributed by atoms with Crippen LogP contribution in [0.1, 0.15) is 25.0 Å². The Morgan fingerprint density at radius 3 is 2.11 bits per heavy atom. The molecule has 0 saturated heterocycles. The second-order valence-corrected chi connectivity index (χ2v) is 7.20. The van der Waals surface area contributed by atoms with Gasteiger partial charge in [0.05, 0.1) is 13.1 Å². The number of para-hydroxylation sites is 1. The summed E-state index contributed by atoms with van der Waals surface area (Å²) in [5, 5.41) is 5.73. The van der Waals surface area contributed by atoms with Crippen LogP contribution in [0.4, 0.5) is 11.5 Å². The van der Waals surface area contributed by atoms with Crippen molar-refractivity contribution in [3.8, 4) is 0 Å². The largest absolute Gasteiger partial charge is 0.324 e. The maximum atomic E-state index is 12.4. The van der Waals surface area contributed by atoms with E-state index in [4.69, 9.17) is 0 Å². The molecule has 0 radical (unpaired) electrons. The molecule has 6 nitrogen and oxygen atoms in total. The number of nitrogens with zero attached hydrogens (tertiary/aromatic N) is 2. The average molecular weight is 433 g/mol. The molecule has 0 saturated carbocycles. The van der Waals surface area contributed by atoms with Crippen molar-refractivity contribution in [1.82, 2.24) is 9.88 Å². The number of amides is 2. The second kappa shape index (κ2) is 10.2. The number of benzene rings is 1. The molecule has 144 valence electrons. The third kappa shape index (κ3) is 6.45. The molecule has 0 aliphatic rings. The second-order valence-electron chi connectivity index (χ2n) is 6.29. The summed E-state index contributed by atoms with van der Waals surface area (Å²) in [6, 6.07) is 9.58. The van der Waals surface area contributed by atoms with Gasteiger partial charge in [-0.3, -0.25) is 14.5 Å². The zero-order chi connectivity index (χ0) is 19.8. The first-order chi connectivity index (χ1) is 12.9. The first-order valence-corrected chi connectivity index (χ1v) is 9.72. The van der Waals surface area contributed by atoms with E-state index in [1.807, 2.05) is 18.2 Å². The summed E-state index contributed by atoms with van der Waals surface area (Å²) >= 11 is 3.30. The molecule has 27 heavy (non-hydrogen) atoms. The predicted octanol–water partition coefficient (Wildman–Crippen LogP) is 3.48. The summed E-state index contributed by atoms with van der Waals surface area (Å²) in [7, 11) is 1.74. The zero-order valence-electron chi connectivity index (χ0n) is 15.9. The summed E-state index contributed by atoms with van der Waals surface area (Å²) in [5.74, 6) is 0.122. The number of hydrogen-bond donors (Lipinski definition) is 2. The van der Waals surface area contributed by atoms with Crippen LogP contribution in [0.5, 0.6) is 0 Å². The van der Waals surface area contributed by atoms with E-state index >= 15 is 0 Å². The van der Waals surface area contributed by atoms with Crippen molar-refractivity contribution in [3.63, 3.8) is 0 Å². The highest BCUT2D eigenvalue weighted by atomic mass is 79.9. The minimum Gasteiger partial charge on any atom is -0.324 e. The lowest BCUT2D eigenvalue weighted by Crippen LogP contribution is -2.36. The van der Waals surface area contributed by atoms with Gasteiger partial charge in [0, 0.05) is 16.4 Å². The number of carbonyl (C=O) groups is 2. The van der Waals surface area contributed by atoms with Crippen LogP contribution in [0, 0.1) is 0 Å². The fourth-order valence-electron chi connectivity index (χ4n) is 2.76. The van der Waals surface area contributed by atoms with Crippen molar-refractivity contribution in [2.75, 3.05) is 30.8 Å². The highest BCUT2D eigenvalue weighted by molar-refractivity contribution is 9.10. The van der Waals surface area contributed by atoms with E-state index in [1.54, 1.807) is 30.3 Å². The van der Waals surface area contributed by atoms with Crippen molar-refractivity contribution in [2.24, 2.45) is 0 Å². The fourth-order valence-corrected chi connectivity index (χ4v) is 2.99. The van der Waals surface area contributed by atoms with Crippen LogP contribution in [0.3, 0.4) is 0 Å². The molecule has 2 amide bonds. The number of pyridine rings is 1. The van der Waals surface area contributed by atoms with E-state index in [1.165, 1.54) is 0 Å². The highest BCUT2D eigenvalue weighted by Crippen LogP contribution is 2.22. The molecule has 0 atom stereocenters. The number of carbonyl (C=O) groups excluding carboxylic acids is 2. The maximum Gasteiger partial charge on any atom is 0.239 e. The number of hydrogen-bond acceptors (Lipinski definition) is 4. The molecule has 1 aromatic heterocycles. The molecule has 0 spiro atoms. The summed E-state index contributed by atoms with van der Waals surface area (Å²) in [5.41, 5.74) is 3.12. The molecular formula is C20H25BrN4O2. The number of aromatic nitrogens is 1. The predicted molar refractivity (Wildman–Crippen MR) is 112 cm³/mol. The Hall–Kier alpha value is -2.25. The smallest absolute Gasteiger partial charge is 0.239 e. The van der Waals surface area contributed by atoms with E-state index < -0.39 is 0 Å². The third-order valence-corrected chi connectivity index (χ3v) is 4.55. The molecule has 0 fully saturated rings. The van der Waals surface area contributed by atoms with Crippen LogP contribution in [0.25, 0.3) is 0 Å². The molecule has 7 heteroatoms. The molecule has 0 bridgehead atoms. The molecule has 1 aromatic carbocycles. The molecule has 0 aliphatic heterocycles. The van der Waals surface area contributed by atoms with Crippen molar-refractivity contribution in [2.45, 2.75) is 26.7 Å². The lowest BCUT2D eigenvalue weighted by atomic mass is 10.0. The van der Waals surface area contributed by atoms with Crippen molar-refractivity contribution in [1.29, 1.82) is 0 Å². The van der Waals surface area contributed by atoms with Gasteiger partial charge in [-0.25, -0.2) is 4.98 Å². The molecule has 0 aliphatic carbocycles. The minimum atomic E-state index is -0.219. The van der Waals surface area contributed by atoms with Crippen molar-refractivity contribution < 1.29 is 9.59 Å². The van der Waals surface area contributed by atoms with Gasteiger partial charge in [-0.15, -0.1) is 0 Å². The van der Waals surface area contributed by atoms with Gasteiger partial charge in [0.25, 0.3) is 0 Å². The molecule has 1 heterocycles. The van der Waals surface area contributed by atoms with E-state index in [-0.39, 0.29) is 24.9 Å².